The summed E-state index contributed by atoms with van der Waals surface area (Å²) in [5, 5.41) is 16.1. The highest BCUT2D eigenvalue weighted by molar-refractivity contribution is 6.33. The van der Waals surface area contributed by atoms with Crippen molar-refractivity contribution >= 4 is 23.2 Å². The van der Waals surface area contributed by atoms with Crippen molar-refractivity contribution < 1.29 is 13.7 Å². The van der Waals surface area contributed by atoms with Crippen LogP contribution in [0.25, 0.3) is 22.8 Å². The lowest BCUT2D eigenvalue weighted by molar-refractivity contribution is -0.116. The van der Waals surface area contributed by atoms with Crippen LogP contribution in [-0.4, -0.2) is 30.8 Å². The zero-order chi connectivity index (χ0) is 23.5. The molecule has 0 unspecified atom stereocenters. The first-order valence-corrected chi connectivity index (χ1v) is 11.5. The molecule has 0 aliphatic carbocycles. The highest BCUT2D eigenvalue weighted by atomic mass is 35.5. The quantitative estimate of drug-likeness (QED) is 0.413. The number of amides is 1. The number of nitrogens with zero attached hydrogens (tertiary/aromatic N) is 5. The van der Waals surface area contributed by atoms with E-state index in [-0.39, 0.29) is 24.6 Å². The second kappa shape index (κ2) is 9.72. The maximum absolute atomic E-state index is 13.1. The number of rotatable bonds is 6. The van der Waals surface area contributed by atoms with E-state index >= 15 is 0 Å². The van der Waals surface area contributed by atoms with E-state index in [0.717, 1.165) is 49.4 Å². The van der Waals surface area contributed by atoms with Crippen LogP contribution in [0.15, 0.2) is 47.0 Å². The van der Waals surface area contributed by atoms with Gasteiger partial charge in [-0.05, 0) is 55.3 Å². The van der Waals surface area contributed by atoms with Gasteiger partial charge in [-0.2, -0.15) is 4.98 Å². The fraction of sp³-hybridized carbons (Fsp3) is 0.292. The first-order chi connectivity index (χ1) is 16.6. The molecule has 174 valence electrons. The summed E-state index contributed by atoms with van der Waals surface area (Å²) in [6.45, 7) is 0.856. The Hall–Kier alpha value is -3.59. The third-order valence-corrected chi connectivity index (χ3v) is 6.07. The second-order valence-corrected chi connectivity index (χ2v) is 8.57. The number of anilines is 1. The van der Waals surface area contributed by atoms with Crippen LogP contribution in [0.1, 0.15) is 37.4 Å². The summed E-state index contributed by atoms with van der Waals surface area (Å²) < 4.78 is 20.4. The summed E-state index contributed by atoms with van der Waals surface area (Å²) in [4.78, 5) is 16.8. The van der Waals surface area contributed by atoms with Gasteiger partial charge in [-0.1, -0.05) is 23.2 Å². The van der Waals surface area contributed by atoms with Gasteiger partial charge in [0, 0.05) is 42.6 Å². The maximum atomic E-state index is 13.1. The molecule has 1 aliphatic rings. The van der Waals surface area contributed by atoms with Crippen LogP contribution >= 0.6 is 11.6 Å². The first kappa shape index (κ1) is 22.2. The molecule has 34 heavy (non-hydrogen) atoms. The van der Waals surface area contributed by atoms with Crippen LogP contribution in [0.2, 0.25) is 5.02 Å². The SMILES string of the molecule is O=C(CCc1nc(-c2ccc(F)cc2)no1)Nc1ccc(Cl)c(-c2nnc3n2CCCCC3)c1. The van der Waals surface area contributed by atoms with Gasteiger partial charge in [-0.3, -0.25) is 4.79 Å². The van der Waals surface area contributed by atoms with Crippen LogP contribution in [0.3, 0.4) is 0 Å². The van der Waals surface area contributed by atoms with Gasteiger partial charge in [0.05, 0.1) is 5.02 Å². The van der Waals surface area contributed by atoms with E-state index in [4.69, 9.17) is 16.1 Å². The number of hydrogen-bond acceptors (Lipinski definition) is 6. The average Bonchev–Trinajstić information content (AvgIpc) is 3.40. The average molecular weight is 481 g/mol. The lowest BCUT2D eigenvalue weighted by atomic mass is 10.1. The van der Waals surface area contributed by atoms with Gasteiger partial charge in [-0.15, -0.1) is 10.2 Å². The minimum absolute atomic E-state index is 0.156. The first-order valence-electron chi connectivity index (χ1n) is 11.2. The third-order valence-electron chi connectivity index (χ3n) is 5.74. The van der Waals surface area contributed by atoms with E-state index < -0.39 is 0 Å². The highest BCUT2D eigenvalue weighted by Crippen LogP contribution is 2.31. The molecule has 2 aromatic carbocycles. The summed E-state index contributed by atoms with van der Waals surface area (Å²) >= 11 is 6.47. The molecule has 1 aliphatic heterocycles. The number of carbonyl (C=O) groups is 1. The van der Waals surface area contributed by atoms with Crippen LogP contribution in [0, 0.1) is 5.82 Å². The molecule has 3 heterocycles. The van der Waals surface area contributed by atoms with Crippen molar-refractivity contribution in [1.29, 1.82) is 0 Å². The summed E-state index contributed by atoms with van der Waals surface area (Å²) in [7, 11) is 0. The Morgan fingerprint density at radius 3 is 2.82 bits per heavy atom. The Bertz CT molecular complexity index is 1320. The van der Waals surface area contributed by atoms with E-state index in [2.05, 4.69) is 30.2 Å². The molecule has 4 aromatic rings. The molecule has 0 radical (unpaired) electrons. The molecule has 0 saturated heterocycles. The number of carbonyl (C=O) groups excluding carboxylic acids is 1. The van der Waals surface area contributed by atoms with Gasteiger partial charge < -0.3 is 14.4 Å². The zero-order valence-electron chi connectivity index (χ0n) is 18.3. The van der Waals surface area contributed by atoms with Crippen LogP contribution in [-0.2, 0) is 24.2 Å². The molecule has 2 aromatic heterocycles. The predicted molar refractivity (Wildman–Crippen MR) is 125 cm³/mol. The maximum Gasteiger partial charge on any atom is 0.227 e. The lowest BCUT2D eigenvalue weighted by Gasteiger charge is -2.11. The Morgan fingerprint density at radius 2 is 1.97 bits per heavy atom. The van der Waals surface area contributed by atoms with Crippen molar-refractivity contribution in [3.05, 3.63) is 65.0 Å². The molecule has 0 bridgehead atoms. The molecule has 1 amide bonds. The van der Waals surface area contributed by atoms with Crippen molar-refractivity contribution in [2.45, 2.75) is 45.1 Å². The molecular weight excluding hydrogens is 459 g/mol. The minimum Gasteiger partial charge on any atom is -0.339 e. The zero-order valence-corrected chi connectivity index (χ0v) is 19.1. The van der Waals surface area contributed by atoms with Crippen molar-refractivity contribution in [3.63, 3.8) is 0 Å². The molecule has 0 fully saturated rings. The number of benzene rings is 2. The van der Waals surface area contributed by atoms with Crippen LogP contribution < -0.4 is 5.32 Å². The lowest BCUT2D eigenvalue weighted by Crippen LogP contribution is -2.12. The monoisotopic (exact) mass is 480 g/mol. The third kappa shape index (κ3) is 4.84. The Labute approximate surface area is 200 Å². The van der Waals surface area contributed by atoms with Gasteiger partial charge in [0.1, 0.15) is 11.6 Å². The largest absolute Gasteiger partial charge is 0.339 e. The Balaban J connectivity index is 1.24. The Kier molecular flexibility index (Phi) is 6.35. The van der Waals surface area contributed by atoms with E-state index in [1.807, 2.05) is 6.07 Å². The van der Waals surface area contributed by atoms with Crippen molar-refractivity contribution in [2.75, 3.05) is 5.32 Å². The number of fused-ring (bicyclic) bond motifs is 1. The van der Waals surface area contributed by atoms with Gasteiger partial charge in [0.15, 0.2) is 5.82 Å². The molecule has 0 spiro atoms. The number of hydrogen-bond donors (Lipinski definition) is 1. The molecule has 0 atom stereocenters. The summed E-state index contributed by atoms with van der Waals surface area (Å²) in [6, 6.07) is 11.1. The smallest absolute Gasteiger partial charge is 0.227 e. The molecular formula is C24H22ClFN6O2. The van der Waals surface area contributed by atoms with Gasteiger partial charge in [0.2, 0.25) is 17.6 Å². The normalized spacial score (nSPS) is 13.4. The summed E-state index contributed by atoms with van der Waals surface area (Å²) in [5.74, 6) is 1.83. The number of nitrogens with one attached hydrogen (secondary N) is 1. The molecule has 8 nitrogen and oxygen atoms in total. The highest BCUT2D eigenvalue weighted by Gasteiger charge is 2.19. The van der Waals surface area contributed by atoms with Gasteiger partial charge in [0.25, 0.3) is 0 Å². The summed E-state index contributed by atoms with van der Waals surface area (Å²) in [5.41, 5.74) is 2.00. The van der Waals surface area contributed by atoms with E-state index in [9.17, 15) is 9.18 Å². The fourth-order valence-electron chi connectivity index (χ4n) is 3.98. The number of aryl methyl sites for hydroxylation is 2. The van der Waals surface area contributed by atoms with Crippen molar-refractivity contribution in [1.82, 2.24) is 24.9 Å². The van der Waals surface area contributed by atoms with Crippen LogP contribution in [0.5, 0.6) is 0 Å². The fourth-order valence-corrected chi connectivity index (χ4v) is 4.18. The number of halogens is 2. The number of aromatic nitrogens is 5. The minimum atomic E-state index is -0.339. The molecule has 1 N–H and O–H groups in total. The molecule has 0 saturated carbocycles. The van der Waals surface area contributed by atoms with E-state index in [1.54, 1.807) is 24.3 Å². The predicted octanol–water partition coefficient (Wildman–Crippen LogP) is 5.09. The summed E-state index contributed by atoms with van der Waals surface area (Å²) in [6.07, 6.45) is 4.68. The van der Waals surface area contributed by atoms with Crippen molar-refractivity contribution in [3.8, 4) is 22.8 Å². The van der Waals surface area contributed by atoms with E-state index in [1.165, 1.54) is 12.1 Å². The van der Waals surface area contributed by atoms with Crippen LogP contribution in [0.4, 0.5) is 10.1 Å². The standard InChI is InChI=1S/C24H22ClFN6O2/c25-19-10-9-17(14-18(19)24-30-29-20-4-2-1-3-13-32(20)24)27-21(33)11-12-22-28-23(31-34-22)15-5-7-16(26)8-6-15/h5-10,14H,1-4,11-13H2,(H,27,33). The van der Waals surface area contributed by atoms with E-state index in [0.29, 0.717) is 28.0 Å². The Morgan fingerprint density at radius 1 is 1.12 bits per heavy atom. The van der Waals surface area contributed by atoms with Gasteiger partial charge >= 0.3 is 0 Å². The second-order valence-electron chi connectivity index (χ2n) is 8.16. The van der Waals surface area contributed by atoms with Crippen molar-refractivity contribution in [2.24, 2.45) is 0 Å². The van der Waals surface area contributed by atoms with Gasteiger partial charge in [-0.25, -0.2) is 4.39 Å². The molecule has 10 heteroatoms. The molecule has 5 rings (SSSR count). The topological polar surface area (TPSA) is 98.7 Å².